The third-order valence-electron chi connectivity index (χ3n) is 2.63. The molecule has 0 aliphatic heterocycles. The molecule has 20 heavy (non-hydrogen) atoms. The van der Waals surface area contributed by atoms with Gasteiger partial charge in [-0.05, 0) is 37.5 Å². The molecule has 0 aliphatic rings. The van der Waals surface area contributed by atoms with Crippen LogP contribution in [0, 0.1) is 0 Å². The Morgan fingerprint density at radius 3 is 2.20 bits per heavy atom. The van der Waals surface area contributed by atoms with Gasteiger partial charge >= 0.3 is 0 Å². The summed E-state index contributed by atoms with van der Waals surface area (Å²) in [5, 5.41) is 0.0919. The number of thioether (sulfide) groups is 3. The summed E-state index contributed by atoms with van der Waals surface area (Å²) in [4.78, 5) is 23.1. The molecule has 0 radical (unpaired) electrons. The highest BCUT2D eigenvalue weighted by atomic mass is 32.2. The SMILES string of the molecule is CSCCSCCCSC(=O)c1ccc(C(C)=O)cc1. The Labute approximate surface area is 133 Å². The molecule has 0 amide bonds. The van der Waals surface area contributed by atoms with Crippen LogP contribution in [0.2, 0.25) is 0 Å². The number of hydrogen-bond acceptors (Lipinski definition) is 5. The molecule has 0 fully saturated rings. The van der Waals surface area contributed by atoms with Crippen LogP contribution < -0.4 is 0 Å². The first-order chi connectivity index (χ1) is 9.65. The van der Waals surface area contributed by atoms with Gasteiger partial charge in [-0.1, -0.05) is 23.9 Å². The van der Waals surface area contributed by atoms with E-state index in [9.17, 15) is 9.59 Å². The van der Waals surface area contributed by atoms with Crippen molar-refractivity contribution in [3.63, 3.8) is 0 Å². The molecule has 5 heteroatoms. The number of rotatable bonds is 9. The van der Waals surface area contributed by atoms with E-state index in [1.807, 2.05) is 23.5 Å². The highest BCUT2D eigenvalue weighted by Crippen LogP contribution is 2.16. The van der Waals surface area contributed by atoms with E-state index in [2.05, 4.69) is 6.26 Å². The molecule has 110 valence electrons. The quantitative estimate of drug-likeness (QED) is 0.500. The van der Waals surface area contributed by atoms with E-state index >= 15 is 0 Å². The fourth-order valence-electron chi connectivity index (χ4n) is 1.49. The maximum absolute atomic E-state index is 11.9. The van der Waals surface area contributed by atoms with Crippen LogP contribution in [0.3, 0.4) is 0 Å². The highest BCUT2D eigenvalue weighted by Gasteiger charge is 2.07. The van der Waals surface area contributed by atoms with Gasteiger partial charge in [0, 0.05) is 28.4 Å². The minimum atomic E-state index is 0.0268. The van der Waals surface area contributed by atoms with Crippen molar-refractivity contribution in [2.45, 2.75) is 13.3 Å². The van der Waals surface area contributed by atoms with Crippen molar-refractivity contribution in [3.8, 4) is 0 Å². The van der Waals surface area contributed by atoms with Crippen LogP contribution in [0.15, 0.2) is 24.3 Å². The lowest BCUT2D eigenvalue weighted by molar-refractivity contribution is 0.101. The van der Waals surface area contributed by atoms with Crippen LogP contribution in [-0.2, 0) is 0 Å². The molecule has 0 saturated heterocycles. The lowest BCUT2D eigenvalue weighted by Crippen LogP contribution is -1.98. The summed E-state index contributed by atoms with van der Waals surface area (Å²) < 4.78 is 0. The van der Waals surface area contributed by atoms with Gasteiger partial charge in [0.15, 0.2) is 5.78 Å². The Bertz CT molecular complexity index is 429. The second-order valence-electron chi connectivity index (χ2n) is 4.23. The first-order valence-corrected chi connectivity index (χ1v) is 10.0. The maximum Gasteiger partial charge on any atom is 0.219 e. The van der Waals surface area contributed by atoms with E-state index in [4.69, 9.17) is 0 Å². The molecule has 0 atom stereocenters. The molecule has 0 heterocycles. The molecule has 0 bridgehead atoms. The average Bonchev–Trinajstić information content (AvgIpc) is 2.46. The van der Waals surface area contributed by atoms with E-state index in [0.717, 1.165) is 17.9 Å². The first kappa shape index (κ1) is 17.7. The smallest absolute Gasteiger partial charge is 0.219 e. The van der Waals surface area contributed by atoms with Gasteiger partial charge in [-0.3, -0.25) is 9.59 Å². The van der Waals surface area contributed by atoms with Gasteiger partial charge in [0.1, 0.15) is 0 Å². The predicted molar refractivity (Wildman–Crippen MR) is 93.6 cm³/mol. The van der Waals surface area contributed by atoms with Crippen LogP contribution >= 0.6 is 35.3 Å². The molecule has 0 aromatic heterocycles. The van der Waals surface area contributed by atoms with Crippen LogP contribution in [0.4, 0.5) is 0 Å². The number of carbonyl (C=O) groups excluding carboxylic acids is 2. The Morgan fingerprint density at radius 1 is 0.950 bits per heavy atom. The largest absolute Gasteiger partial charge is 0.295 e. The van der Waals surface area contributed by atoms with E-state index in [-0.39, 0.29) is 10.9 Å². The van der Waals surface area contributed by atoms with Crippen molar-refractivity contribution >= 4 is 46.2 Å². The molecule has 0 unspecified atom stereocenters. The molecule has 0 saturated carbocycles. The van der Waals surface area contributed by atoms with Crippen molar-refractivity contribution in [1.29, 1.82) is 0 Å². The summed E-state index contributed by atoms with van der Waals surface area (Å²) in [5.41, 5.74) is 1.33. The lowest BCUT2D eigenvalue weighted by atomic mass is 10.1. The Balaban J connectivity index is 2.24. The normalized spacial score (nSPS) is 10.5. The zero-order valence-corrected chi connectivity index (χ0v) is 14.3. The van der Waals surface area contributed by atoms with Gasteiger partial charge < -0.3 is 0 Å². The minimum absolute atomic E-state index is 0.0268. The van der Waals surface area contributed by atoms with Crippen LogP contribution in [-0.4, -0.2) is 40.2 Å². The third-order valence-corrected chi connectivity index (χ3v) is 5.56. The third kappa shape index (κ3) is 6.86. The molecule has 1 aromatic rings. The van der Waals surface area contributed by atoms with Gasteiger partial charge in [-0.15, -0.1) is 0 Å². The molecule has 2 nitrogen and oxygen atoms in total. The number of benzene rings is 1. The summed E-state index contributed by atoms with van der Waals surface area (Å²) in [5.74, 6) is 4.38. The zero-order chi connectivity index (χ0) is 14.8. The summed E-state index contributed by atoms with van der Waals surface area (Å²) in [7, 11) is 0. The van der Waals surface area contributed by atoms with Gasteiger partial charge in [-0.25, -0.2) is 0 Å². The molecular weight excluding hydrogens is 308 g/mol. The van der Waals surface area contributed by atoms with Crippen molar-refractivity contribution < 1.29 is 9.59 Å². The van der Waals surface area contributed by atoms with Gasteiger partial charge in [-0.2, -0.15) is 23.5 Å². The second-order valence-corrected chi connectivity index (χ2v) is 7.51. The fraction of sp³-hybridized carbons (Fsp3) is 0.467. The van der Waals surface area contributed by atoms with E-state index in [1.165, 1.54) is 30.2 Å². The molecule has 1 aromatic carbocycles. The van der Waals surface area contributed by atoms with Crippen LogP contribution in [0.5, 0.6) is 0 Å². The molecule has 0 spiro atoms. The molecule has 0 aliphatic carbocycles. The minimum Gasteiger partial charge on any atom is -0.295 e. The van der Waals surface area contributed by atoms with Gasteiger partial charge in [0.2, 0.25) is 5.12 Å². The van der Waals surface area contributed by atoms with Crippen molar-refractivity contribution in [1.82, 2.24) is 0 Å². The van der Waals surface area contributed by atoms with E-state index in [1.54, 1.807) is 24.3 Å². The van der Waals surface area contributed by atoms with Crippen LogP contribution in [0.25, 0.3) is 0 Å². The molecule has 0 N–H and O–H groups in total. The Hall–Kier alpha value is -0.390. The standard InChI is InChI=1S/C15H20O2S3/c1-12(16)13-4-6-14(7-5-13)15(17)20-9-3-8-19-11-10-18-2/h4-7H,3,8-11H2,1-2H3. The van der Waals surface area contributed by atoms with Crippen molar-refractivity contribution in [2.24, 2.45) is 0 Å². The van der Waals surface area contributed by atoms with Crippen molar-refractivity contribution in [3.05, 3.63) is 35.4 Å². The summed E-state index contributed by atoms with van der Waals surface area (Å²) in [6.07, 6.45) is 3.17. The van der Waals surface area contributed by atoms with E-state index < -0.39 is 0 Å². The molecule has 1 rings (SSSR count). The van der Waals surface area contributed by atoms with Gasteiger partial charge in [0.05, 0.1) is 0 Å². The average molecular weight is 329 g/mol. The van der Waals surface area contributed by atoms with E-state index in [0.29, 0.717) is 11.1 Å². The van der Waals surface area contributed by atoms with Gasteiger partial charge in [0.25, 0.3) is 0 Å². The number of hydrogen-bond donors (Lipinski definition) is 0. The highest BCUT2D eigenvalue weighted by molar-refractivity contribution is 8.14. The number of ketones is 1. The van der Waals surface area contributed by atoms with Crippen LogP contribution in [0.1, 0.15) is 34.1 Å². The Kier molecular flexibility index (Phi) is 9.14. The Morgan fingerprint density at radius 2 is 1.60 bits per heavy atom. The summed E-state index contributed by atoms with van der Waals surface area (Å²) in [6.45, 7) is 1.53. The predicted octanol–water partition coefficient (Wildman–Crippen LogP) is 4.25. The maximum atomic E-state index is 11.9. The summed E-state index contributed by atoms with van der Waals surface area (Å²) in [6, 6.07) is 6.90. The first-order valence-electron chi connectivity index (χ1n) is 6.50. The number of Topliss-reactive ketones (excluding diaryl/α,β-unsaturated/α-hetero) is 1. The monoisotopic (exact) mass is 328 g/mol. The summed E-state index contributed by atoms with van der Waals surface area (Å²) >= 11 is 5.18. The number of carbonyl (C=O) groups is 2. The lowest BCUT2D eigenvalue weighted by Gasteiger charge is -2.02. The fourth-order valence-corrected chi connectivity index (χ4v) is 4.14. The molecular formula is C15H20O2S3. The second kappa shape index (κ2) is 10.4. The topological polar surface area (TPSA) is 34.1 Å². The van der Waals surface area contributed by atoms with Crippen molar-refractivity contribution in [2.75, 3.05) is 29.3 Å². The zero-order valence-electron chi connectivity index (χ0n) is 11.9.